The predicted octanol–water partition coefficient (Wildman–Crippen LogP) is 5.03. The van der Waals surface area contributed by atoms with E-state index >= 15 is 0 Å². The lowest BCUT2D eigenvalue weighted by Gasteiger charge is -2.20. The van der Waals surface area contributed by atoms with Gasteiger partial charge in [0.2, 0.25) is 24.6 Å². The zero-order chi connectivity index (χ0) is 25.8. The molecule has 0 aliphatic carbocycles. The maximum Gasteiger partial charge on any atom is 0.234 e. The number of nitrogens with one attached hydrogen (secondary N) is 2. The number of unbranched alkanes of at least 4 members (excludes halogenated alkanes) is 12. The van der Waals surface area contributed by atoms with Gasteiger partial charge < -0.3 is 0 Å². The van der Waals surface area contributed by atoms with Gasteiger partial charge in [0.1, 0.15) is 0 Å². The molecule has 0 saturated carbocycles. The fourth-order valence-electron chi connectivity index (χ4n) is 3.79. The first-order valence-electron chi connectivity index (χ1n) is 12.6. The van der Waals surface area contributed by atoms with E-state index in [9.17, 15) is 16.8 Å². The summed E-state index contributed by atoms with van der Waals surface area (Å²) in [4.78, 5) is 0. The van der Waals surface area contributed by atoms with E-state index in [2.05, 4.69) is 21.6 Å². The van der Waals surface area contributed by atoms with Crippen molar-refractivity contribution in [3.63, 3.8) is 0 Å². The minimum atomic E-state index is -4.16. The monoisotopic (exact) mass is 524 g/mol. The van der Waals surface area contributed by atoms with Gasteiger partial charge in [0.15, 0.2) is 0 Å². The van der Waals surface area contributed by atoms with Crippen LogP contribution in [-0.2, 0) is 20.0 Å². The Balaban J connectivity index is 2.58. The normalized spacial score (nSPS) is 11.9. The molecule has 0 radical (unpaired) electrons. The maximum absolute atomic E-state index is 13.1. The molecule has 1 rings (SSSR count). The van der Waals surface area contributed by atoms with Crippen LogP contribution in [0.25, 0.3) is 0 Å². The largest absolute Gasteiger partial charge is 0.234 e. The zero-order valence-corrected chi connectivity index (χ0v) is 22.3. The maximum atomic E-state index is 13.1. The second-order valence-corrected chi connectivity index (χ2v) is 12.7. The van der Waals surface area contributed by atoms with Crippen molar-refractivity contribution in [1.82, 2.24) is 9.44 Å². The third-order valence-electron chi connectivity index (χ3n) is 5.67. The Hall–Kier alpha value is -1.98. The lowest BCUT2D eigenvalue weighted by Crippen LogP contribution is -2.39. The Morgan fingerprint density at radius 2 is 0.971 bits per heavy atom. The fraction of sp³-hybridized carbons (Fsp3) is 0.680. The summed E-state index contributed by atoms with van der Waals surface area (Å²) in [5.74, 6) is 0. The van der Waals surface area contributed by atoms with Gasteiger partial charge in [-0.2, -0.15) is 10.5 Å². The Bertz CT molecular complexity index is 923. The molecule has 0 spiro atoms. The van der Waals surface area contributed by atoms with Crippen molar-refractivity contribution >= 4 is 20.0 Å². The van der Waals surface area contributed by atoms with Gasteiger partial charge in [-0.15, -0.1) is 0 Å². The number of sulfonamides is 2. The summed E-state index contributed by atoms with van der Waals surface area (Å²) in [5.41, 5.74) is 0.211. The molecule has 0 bridgehead atoms. The van der Waals surface area contributed by atoms with E-state index in [0.29, 0.717) is 25.7 Å². The van der Waals surface area contributed by atoms with E-state index in [1.807, 2.05) is 0 Å². The SMILES string of the molecule is N#CCCCCCCCCNS(=O)(=O)C(c1ccccc1)S(=O)(=O)NCCCCCCCCC#N. The summed E-state index contributed by atoms with van der Waals surface area (Å²) >= 11 is 0. The molecule has 0 aliphatic rings. The number of nitriles is 2. The van der Waals surface area contributed by atoms with Gasteiger partial charge in [0, 0.05) is 25.9 Å². The molecule has 0 amide bonds. The second kappa shape index (κ2) is 18.3. The van der Waals surface area contributed by atoms with Crippen molar-refractivity contribution in [1.29, 1.82) is 10.5 Å². The molecule has 0 saturated heterocycles. The summed E-state index contributed by atoms with van der Waals surface area (Å²) in [5, 5.41) is 17.1. The van der Waals surface area contributed by atoms with Crippen LogP contribution >= 0.6 is 0 Å². The Kier molecular flexibility index (Phi) is 16.2. The number of nitrogens with zero attached hydrogens (tertiary/aromatic N) is 2. The third kappa shape index (κ3) is 13.6. The van der Waals surface area contributed by atoms with Crippen molar-refractivity contribution in [3.05, 3.63) is 35.9 Å². The molecule has 0 heterocycles. The molecule has 1 aromatic rings. The van der Waals surface area contributed by atoms with Gasteiger partial charge in [0.25, 0.3) is 0 Å². The van der Waals surface area contributed by atoms with Crippen LogP contribution in [0, 0.1) is 22.7 Å². The molecule has 1 aromatic carbocycles. The van der Waals surface area contributed by atoms with Crippen LogP contribution < -0.4 is 9.44 Å². The quantitative estimate of drug-likeness (QED) is 0.216. The Morgan fingerprint density at radius 3 is 1.37 bits per heavy atom. The third-order valence-corrected chi connectivity index (χ3v) is 10.1. The van der Waals surface area contributed by atoms with E-state index in [1.54, 1.807) is 18.2 Å². The topological polar surface area (TPSA) is 140 Å². The van der Waals surface area contributed by atoms with E-state index in [4.69, 9.17) is 10.5 Å². The van der Waals surface area contributed by atoms with Crippen LogP contribution in [0.2, 0.25) is 0 Å². The lowest BCUT2D eigenvalue weighted by molar-refractivity contribution is 0.549. The van der Waals surface area contributed by atoms with Crippen LogP contribution in [0.3, 0.4) is 0 Å². The van der Waals surface area contributed by atoms with Gasteiger partial charge in [-0.25, -0.2) is 26.3 Å². The average molecular weight is 525 g/mol. The van der Waals surface area contributed by atoms with Gasteiger partial charge in [0.05, 0.1) is 12.1 Å². The number of hydrogen-bond acceptors (Lipinski definition) is 6. The van der Waals surface area contributed by atoms with Gasteiger partial charge in [-0.05, 0) is 31.2 Å². The first-order valence-corrected chi connectivity index (χ1v) is 15.7. The van der Waals surface area contributed by atoms with Gasteiger partial charge in [-0.3, -0.25) is 0 Å². The summed E-state index contributed by atoms with van der Waals surface area (Å²) in [7, 11) is -8.32. The predicted molar refractivity (Wildman–Crippen MR) is 139 cm³/mol. The van der Waals surface area contributed by atoms with Crippen LogP contribution in [0.4, 0.5) is 0 Å². The highest BCUT2D eigenvalue weighted by Crippen LogP contribution is 2.27. The highest BCUT2D eigenvalue weighted by atomic mass is 32.3. The second-order valence-electron chi connectivity index (χ2n) is 8.68. The standard InChI is InChI=1S/C25H40N4O4S2/c26-20-14-7-3-1-5-9-16-22-28-34(30,31)25(24-18-12-11-13-19-24)35(32,33)29-23-17-10-6-2-4-8-15-21-27/h11-13,18-19,25,28-29H,1-10,14-17,22-23H2. The van der Waals surface area contributed by atoms with Crippen LogP contribution in [-0.4, -0.2) is 29.9 Å². The minimum Gasteiger partial charge on any atom is -0.214 e. The van der Waals surface area contributed by atoms with E-state index in [0.717, 1.165) is 64.2 Å². The van der Waals surface area contributed by atoms with Crippen LogP contribution in [0.5, 0.6) is 0 Å². The van der Waals surface area contributed by atoms with Gasteiger partial charge >= 0.3 is 0 Å². The molecule has 0 atom stereocenters. The number of benzene rings is 1. The molecule has 35 heavy (non-hydrogen) atoms. The Morgan fingerprint density at radius 1 is 0.600 bits per heavy atom. The Labute approximate surface area is 212 Å². The van der Waals surface area contributed by atoms with Crippen molar-refractivity contribution in [2.75, 3.05) is 13.1 Å². The molecule has 10 heteroatoms. The van der Waals surface area contributed by atoms with Crippen LogP contribution in [0.1, 0.15) is 100 Å². The molecule has 8 nitrogen and oxygen atoms in total. The van der Waals surface area contributed by atoms with E-state index in [-0.39, 0.29) is 18.7 Å². The summed E-state index contributed by atoms with van der Waals surface area (Å²) in [6.45, 7) is 0.371. The van der Waals surface area contributed by atoms with Gasteiger partial charge in [-0.1, -0.05) is 81.7 Å². The molecule has 0 aliphatic heterocycles. The molecule has 196 valence electrons. The average Bonchev–Trinajstić information content (AvgIpc) is 2.82. The number of rotatable bonds is 21. The van der Waals surface area contributed by atoms with E-state index < -0.39 is 24.6 Å². The summed E-state index contributed by atoms with van der Waals surface area (Å²) in [6, 6.07) is 12.3. The highest BCUT2D eigenvalue weighted by molar-refractivity contribution is 8.06. The van der Waals surface area contributed by atoms with Crippen LogP contribution in [0.15, 0.2) is 30.3 Å². The molecule has 0 fully saturated rings. The molecular weight excluding hydrogens is 484 g/mol. The minimum absolute atomic E-state index is 0.186. The van der Waals surface area contributed by atoms with Crippen molar-refractivity contribution in [2.45, 2.75) is 94.5 Å². The molecule has 0 aromatic heterocycles. The molecule has 2 N–H and O–H groups in total. The fourth-order valence-corrected chi connectivity index (χ4v) is 7.72. The zero-order valence-electron chi connectivity index (χ0n) is 20.6. The molecule has 0 unspecified atom stereocenters. The first-order chi connectivity index (χ1) is 16.8. The lowest BCUT2D eigenvalue weighted by atomic mass is 10.1. The van der Waals surface area contributed by atoms with Crippen molar-refractivity contribution in [3.8, 4) is 12.1 Å². The summed E-state index contributed by atoms with van der Waals surface area (Å²) < 4.78 is 55.5. The smallest absolute Gasteiger partial charge is 0.214 e. The van der Waals surface area contributed by atoms with Crippen molar-refractivity contribution < 1.29 is 16.8 Å². The first kappa shape index (κ1) is 31.1. The number of hydrogen-bond donors (Lipinski definition) is 2. The van der Waals surface area contributed by atoms with E-state index in [1.165, 1.54) is 12.1 Å². The molecular formula is C25H40N4O4S2. The van der Waals surface area contributed by atoms with Crippen molar-refractivity contribution in [2.24, 2.45) is 0 Å². The summed E-state index contributed by atoms with van der Waals surface area (Å²) in [6.07, 6.45) is 11.7. The highest BCUT2D eigenvalue weighted by Gasteiger charge is 2.38.